The van der Waals surface area contributed by atoms with Crippen molar-refractivity contribution in [2.24, 2.45) is 0 Å². The molecule has 17 heavy (non-hydrogen) atoms. The van der Waals surface area contributed by atoms with E-state index in [-0.39, 0.29) is 6.42 Å². The molecule has 2 heterocycles. The molecule has 0 aliphatic heterocycles. The fourth-order valence-electron chi connectivity index (χ4n) is 2.55. The molecular formula is C12H14N2O2S. The van der Waals surface area contributed by atoms with Gasteiger partial charge in [0.05, 0.1) is 17.8 Å². The summed E-state index contributed by atoms with van der Waals surface area (Å²) in [5.41, 5.74) is 3.01. The van der Waals surface area contributed by atoms with Gasteiger partial charge in [0.25, 0.3) is 0 Å². The standard InChI is InChI=1S/C12H14N2O2S/c1-7-9(6-11(15)16)14-8-4-2-3-5-10(8)17-12(14)13-7/h2-6H2,1H3,(H,15,16). The van der Waals surface area contributed by atoms with Gasteiger partial charge in [0.1, 0.15) is 0 Å². The second-order valence-electron chi connectivity index (χ2n) is 4.51. The fraction of sp³-hybridized carbons (Fsp3) is 0.500. The lowest BCUT2D eigenvalue weighted by Crippen LogP contribution is -2.09. The van der Waals surface area contributed by atoms with E-state index < -0.39 is 5.97 Å². The number of hydrogen-bond acceptors (Lipinski definition) is 3. The third-order valence-corrected chi connectivity index (χ3v) is 4.48. The highest BCUT2D eigenvalue weighted by Crippen LogP contribution is 2.31. The van der Waals surface area contributed by atoms with Gasteiger partial charge in [-0.25, -0.2) is 4.98 Å². The largest absolute Gasteiger partial charge is 0.481 e. The monoisotopic (exact) mass is 250 g/mol. The Morgan fingerprint density at radius 1 is 1.47 bits per heavy atom. The van der Waals surface area contributed by atoms with E-state index in [0.29, 0.717) is 0 Å². The molecule has 2 aromatic heterocycles. The number of hydrogen-bond donors (Lipinski definition) is 1. The van der Waals surface area contributed by atoms with E-state index in [9.17, 15) is 4.79 Å². The van der Waals surface area contributed by atoms with Gasteiger partial charge in [0, 0.05) is 10.6 Å². The predicted molar refractivity (Wildman–Crippen MR) is 65.8 cm³/mol. The molecule has 0 aromatic carbocycles. The molecule has 0 saturated heterocycles. The molecule has 0 atom stereocenters. The van der Waals surface area contributed by atoms with Crippen molar-refractivity contribution in [2.45, 2.75) is 39.0 Å². The second kappa shape index (κ2) is 3.84. The highest BCUT2D eigenvalue weighted by atomic mass is 32.1. The molecule has 4 nitrogen and oxygen atoms in total. The van der Waals surface area contributed by atoms with E-state index in [1.54, 1.807) is 11.3 Å². The van der Waals surface area contributed by atoms with Crippen molar-refractivity contribution in [2.75, 3.05) is 0 Å². The Balaban J connectivity index is 2.22. The van der Waals surface area contributed by atoms with Crippen LogP contribution in [0.4, 0.5) is 0 Å². The summed E-state index contributed by atoms with van der Waals surface area (Å²) in [7, 11) is 0. The Morgan fingerprint density at radius 3 is 3.00 bits per heavy atom. The number of carboxylic acid groups (broad SMARTS) is 1. The number of imidazole rings is 1. The van der Waals surface area contributed by atoms with E-state index in [2.05, 4.69) is 9.38 Å². The van der Waals surface area contributed by atoms with Gasteiger partial charge in [-0.3, -0.25) is 9.20 Å². The first kappa shape index (κ1) is 10.8. The number of aromatic nitrogens is 2. The molecule has 2 aromatic rings. The smallest absolute Gasteiger partial charge is 0.309 e. The zero-order valence-corrected chi connectivity index (χ0v) is 10.5. The summed E-state index contributed by atoms with van der Waals surface area (Å²) in [6.07, 6.45) is 4.68. The van der Waals surface area contributed by atoms with Crippen molar-refractivity contribution < 1.29 is 9.90 Å². The molecule has 1 aliphatic rings. The normalized spacial score (nSPS) is 15.1. The lowest BCUT2D eigenvalue weighted by molar-refractivity contribution is -0.136. The van der Waals surface area contributed by atoms with Gasteiger partial charge in [-0.15, -0.1) is 11.3 Å². The average Bonchev–Trinajstić information content (AvgIpc) is 2.75. The van der Waals surface area contributed by atoms with Crippen LogP contribution in [0.25, 0.3) is 4.96 Å². The molecule has 90 valence electrons. The van der Waals surface area contributed by atoms with Crippen LogP contribution in [0.3, 0.4) is 0 Å². The number of carboxylic acids is 1. The van der Waals surface area contributed by atoms with Gasteiger partial charge in [0.15, 0.2) is 4.96 Å². The molecule has 0 unspecified atom stereocenters. The molecular weight excluding hydrogens is 236 g/mol. The molecule has 0 fully saturated rings. The van der Waals surface area contributed by atoms with Crippen LogP contribution in [0.2, 0.25) is 0 Å². The Kier molecular flexibility index (Phi) is 2.43. The predicted octanol–water partition coefficient (Wildman–Crippen LogP) is 2.21. The summed E-state index contributed by atoms with van der Waals surface area (Å²) in [6, 6.07) is 0. The zero-order chi connectivity index (χ0) is 12.0. The van der Waals surface area contributed by atoms with Crippen molar-refractivity contribution >= 4 is 22.3 Å². The van der Waals surface area contributed by atoms with Crippen LogP contribution < -0.4 is 0 Å². The van der Waals surface area contributed by atoms with Gasteiger partial charge in [-0.2, -0.15) is 0 Å². The van der Waals surface area contributed by atoms with Crippen molar-refractivity contribution in [3.05, 3.63) is 22.0 Å². The molecule has 0 radical (unpaired) electrons. The molecule has 0 bridgehead atoms. The number of aliphatic carboxylic acids is 1. The van der Waals surface area contributed by atoms with Crippen LogP contribution in [-0.4, -0.2) is 20.5 Å². The summed E-state index contributed by atoms with van der Waals surface area (Å²) in [4.78, 5) is 17.8. The molecule has 0 spiro atoms. The maximum atomic E-state index is 10.9. The number of carbonyl (C=O) groups is 1. The van der Waals surface area contributed by atoms with Crippen molar-refractivity contribution in [1.29, 1.82) is 0 Å². The lowest BCUT2D eigenvalue weighted by Gasteiger charge is -2.11. The fourth-order valence-corrected chi connectivity index (χ4v) is 3.82. The highest BCUT2D eigenvalue weighted by Gasteiger charge is 2.21. The number of nitrogens with zero attached hydrogens (tertiary/aromatic N) is 2. The van der Waals surface area contributed by atoms with Crippen molar-refractivity contribution in [3.63, 3.8) is 0 Å². The van der Waals surface area contributed by atoms with Crippen LogP contribution in [0.15, 0.2) is 0 Å². The quantitative estimate of drug-likeness (QED) is 0.889. The Hall–Kier alpha value is -1.36. The number of rotatable bonds is 2. The SMILES string of the molecule is Cc1nc2sc3c(n2c1CC(=O)O)CCCC3. The minimum Gasteiger partial charge on any atom is -0.481 e. The van der Waals surface area contributed by atoms with Crippen LogP contribution in [-0.2, 0) is 24.1 Å². The Labute approximate surface area is 103 Å². The summed E-state index contributed by atoms with van der Waals surface area (Å²) in [5.74, 6) is -0.786. The van der Waals surface area contributed by atoms with E-state index in [4.69, 9.17) is 5.11 Å². The van der Waals surface area contributed by atoms with E-state index in [1.165, 1.54) is 23.4 Å². The highest BCUT2D eigenvalue weighted by molar-refractivity contribution is 7.17. The van der Waals surface area contributed by atoms with Crippen molar-refractivity contribution in [3.8, 4) is 0 Å². The van der Waals surface area contributed by atoms with Gasteiger partial charge >= 0.3 is 5.97 Å². The number of aryl methyl sites for hydroxylation is 3. The van der Waals surface area contributed by atoms with Gasteiger partial charge < -0.3 is 5.11 Å². The first-order chi connectivity index (χ1) is 8.16. The van der Waals surface area contributed by atoms with Crippen LogP contribution in [0.5, 0.6) is 0 Å². The summed E-state index contributed by atoms with van der Waals surface area (Å²) >= 11 is 1.72. The number of fused-ring (bicyclic) bond motifs is 3. The van der Waals surface area contributed by atoms with E-state index in [1.807, 2.05) is 6.92 Å². The Bertz CT molecular complexity index is 597. The second-order valence-corrected chi connectivity index (χ2v) is 5.57. The third-order valence-electron chi connectivity index (χ3n) is 3.33. The molecule has 1 aliphatic carbocycles. The maximum absolute atomic E-state index is 10.9. The maximum Gasteiger partial charge on any atom is 0.309 e. The van der Waals surface area contributed by atoms with Crippen LogP contribution >= 0.6 is 11.3 Å². The topological polar surface area (TPSA) is 54.6 Å². The number of thiazole rings is 1. The van der Waals surface area contributed by atoms with E-state index in [0.717, 1.165) is 29.2 Å². The minimum atomic E-state index is -0.786. The van der Waals surface area contributed by atoms with Gasteiger partial charge in [0.2, 0.25) is 0 Å². The minimum absolute atomic E-state index is 0.0656. The van der Waals surface area contributed by atoms with E-state index >= 15 is 0 Å². The first-order valence-corrected chi connectivity index (χ1v) is 6.68. The molecule has 0 saturated carbocycles. The first-order valence-electron chi connectivity index (χ1n) is 5.87. The molecule has 0 amide bonds. The third kappa shape index (κ3) is 1.65. The lowest BCUT2D eigenvalue weighted by atomic mass is 10.0. The van der Waals surface area contributed by atoms with Gasteiger partial charge in [-0.05, 0) is 32.6 Å². The Morgan fingerprint density at radius 2 is 2.24 bits per heavy atom. The van der Waals surface area contributed by atoms with Crippen LogP contribution in [0, 0.1) is 6.92 Å². The summed E-state index contributed by atoms with van der Waals surface area (Å²) < 4.78 is 2.09. The summed E-state index contributed by atoms with van der Waals surface area (Å²) in [6.45, 7) is 1.90. The van der Waals surface area contributed by atoms with Crippen LogP contribution in [0.1, 0.15) is 34.8 Å². The molecule has 5 heteroatoms. The molecule has 3 rings (SSSR count). The van der Waals surface area contributed by atoms with Gasteiger partial charge in [-0.1, -0.05) is 0 Å². The van der Waals surface area contributed by atoms with Crippen molar-refractivity contribution in [1.82, 2.24) is 9.38 Å². The zero-order valence-electron chi connectivity index (χ0n) is 9.69. The summed E-state index contributed by atoms with van der Waals surface area (Å²) in [5, 5.41) is 8.97. The average molecular weight is 250 g/mol. The molecule has 1 N–H and O–H groups in total.